The third-order valence-electron chi connectivity index (χ3n) is 4.19. The summed E-state index contributed by atoms with van der Waals surface area (Å²) in [5.41, 5.74) is 6.69. The quantitative estimate of drug-likeness (QED) is 0.735. The Morgan fingerprint density at radius 1 is 1.18 bits per heavy atom. The average Bonchev–Trinajstić information content (AvgIpc) is 2.54. The highest BCUT2D eigenvalue weighted by molar-refractivity contribution is 5.93. The molecule has 0 bridgehead atoms. The van der Waals surface area contributed by atoms with Crippen LogP contribution in [0.4, 0.5) is 0 Å². The van der Waals surface area contributed by atoms with Crippen LogP contribution in [0.25, 0.3) is 10.8 Å². The van der Waals surface area contributed by atoms with Crippen molar-refractivity contribution in [2.75, 3.05) is 7.11 Å². The van der Waals surface area contributed by atoms with Gasteiger partial charge in [0, 0.05) is 0 Å². The predicted octanol–water partition coefficient (Wildman–Crippen LogP) is 4.39. The first kappa shape index (κ1) is 16.3. The number of carbonyl (C=O) groups is 1. The van der Waals surface area contributed by atoms with E-state index in [4.69, 9.17) is 10.5 Å². The number of primary amides is 1. The van der Waals surface area contributed by atoms with Gasteiger partial charge in [0.2, 0.25) is 5.91 Å². The SMILES string of the molecule is CCCCCCC(C(N)=O)c1cccc2ccc(OC)cc12. The lowest BCUT2D eigenvalue weighted by Crippen LogP contribution is -2.21. The van der Waals surface area contributed by atoms with Gasteiger partial charge in [-0.3, -0.25) is 4.79 Å². The van der Waals surface area contributed by atoms with E-state index in [2.05, 4.69) is 6.92 Å². The van der Waals surface area contributed by atoms with E-state index < -0.39 is 0 Å². The Kier molecular flexibility index (Phi) is 5.82. The van der Waals surface area contributed by atoms with Gasteiger partial charge in [0.25, 0.3) is 0 Å². The highest BCUT2D eigenvalue weighted by Gasteiger charge is 2.19. The molecule has 0 aliphatic heterocycles. The number of fused-ring (bicyclic) bond motifs is 1. The maximum Gasteiger partial charge on any atom is 0.224 e. The zero-order chi connectivity index (χ0) is 15.9. The first-order chi connectivity index (χ1) is 10.7. The van der Waals surface area contributed by atoms with Crippen LogP contribution in [0.15, 0.2) is 36.4 Å². The van der Waals surface area contributed by atoms with Gasteiger partial charge in [-0.25, -0.2) is 0 Å². The Morgan fingerprint density at radius 3 is 2.68 bits per heavy atom. The third kappa shape index (κ3) is 3.79. The molecule has 118 valence electrons. The second kappa shape index (κ2) is 7.83. The molecular formula is C19H25NO2. The van der Waals surface area contributed by atoms with Gasteiger partial charge in [-0.1, -0.05) is 56.9 Å². The third-order valence-corrected chi connectivity index (χ3v) is 4.19. The van der Waals surface area contributed by atoms with Gasteiger partial charge in [-0.2, -0.15) is 0 Å². The monoisotopic (exact) mass is 299 g/mol. The lowest BCUT2D eigenvalue weighted by molar-refractivity contribution is -0.119. The molecule has 0 spiro atoms. The Hall–Kier alpha value is -2.03. The van der Waals surface area contributed by atoms with Crippen LogP contribution in [0.5, 0.6) is 5.75 Å². The number of hydrogen-bond donors (Lipinski definition) is 1. The van der Waals surface area contributed by atoms with Crippen LogP contribution >= 0.6 is 0 Å². The molecular weight excluding hydrogens is 274 g/mol. The normalized spacial score (nSPS) is 12.3. The van der Waals surface area contributed by atoms with Crippen molar-refractivity contribution in [1.82, 2.24) is 0 Å². The van der Waals surface area contributed by atoms with E-state index in [1.54, 1.807) is 7.11 Å². The minimum Gasteiger partial charge on any atom is -0.497 e. The number of methoxy groups -OCH3 is 1. The number of hydrogen-bond acceptors (Lipinski definition) is 2. The van der Waals surface area contributed by atoms with Crippen LogP contribution in [0, 0.1) is 0 Å². The van der Waals surface area contributed by atoms with Crippen molar-refractivity contribution in [1.29, 1.82) is 0 Å². The molecule has 3 nitrogen and oxygen atoms in total. The Labute approximate surface area is 132 Å². The summed E-state index contributed by atoms with van der Waals surface area (Å²) in [4.78, 5) is 12.0. The molecule has 0 saturated heterocycles. The molecule has 2 aromatic carbocycles. The Bertz CT molecular complexity index is 636. The second-order valence-corrected chi connectivity index (χ2v) is 5.74. The van der Waals surface area contributed by atoms with Gasteiger partial charge >= 0.3 is 0 Å². The van der Waals surface area contributed by atoms with Crippen molar-refractivity contribution in [3.8, 4) is 5.75 Å². The fourth-order valence-corrected chi connectivity index (χ4v) is 2.93. The van der Waals surface area contributed by atoms with Gasteiger partial charge in [0.1, 0.15) is 5.75 Å². The zero-order valence-electron chi connectivity index (χ0n) is 13.5. The molecule has 0 aliphatic rings. The highest BCUT2D eigenvalue weighted by atomic mass is 16.5. The molecule has 0 heterocycles. The van der Waals surface area contributed by atoms with Crippen LogP contribution < -0.4 is 10.5 Å². The highest BCUT2D eigenvalue weighted by Crippen LogP contribution is 2.31. The van der Waals surface area contributed by atoms with Crippen LogP contribution in [-0.4, -0.2) is 13.0 Å². The summed E-state index contributed by atoms with van der Waals surface area (Å²) in [5, 5.41) is 2.17. The summed E-state index contributed by atoms with van der Waals surface area (Å²) < 4.78 is 5.31. The number of carbonyl (C=O) groups excluding carboxylic acids is 1. The maximum atomic E-state index is 12.0. The van der Waals surface area contributed by atoms with E-state index in [0.29, 0.717) is 0 Å². The van der Waals surface area contributed by atoms with E-state index >= 15 is 0 Å². The molecule has 0 saturated carbocycles. The molecule has 2 aromatic rings. The lowest BCUT2D eigenvalue weighted by atomic mass is 9.88. The van der Waals surface area contributed by atoms with Crippen molar-refractivity contribution in [3.63, 3.8) is 0 Å². The van der Waals surface area contributed by atoms with Gasteiger partial charge in [-0.05, 0) is 34.9 Å². The maximum absolute atomic E-state index is 12.0. The van der Waals surface area contributed by atoms with Crippen molar-refractivity contribution in [2.24, 2.45) is 5.73 Å². The predicted molar refractivity (Wildman–Crippen MR) is 91.2 cm³/mol. The zero-order valence-corrected chi connectivity index (χ0v) is 13.5. The molecule has 3 heteroatoms. The first-order valence-corrected chi connectivity index (χ1v) is 8.03. The van der Waals surface area contributed by atoms with E-state index in [0.717, 1.165) is 41.3 Å². The molecule has 0 fully saturated rings. The summed E-state index contributed by atoms with van der Waals surface area (Å²) in [7, 11) is 1.65. The summed E-state index contributed by atoms with van der Waals surface area (Å²) in [6.07, 6.45) is 5.38. The molecule has 0 aromatic heterocycles. The van der Waals surface area contributed by atoms with E-state index in [-0.39, 0.29) is 11.8 Å². The summed E-state index contributed by atoms with van der Waals surface area (Å²) in [6.45, 7) is 2.18. The van der Waals surface area contributed by atoms with Crippen LogP contribution in [0.2, 0.25) is 0 Å². The fourth-order valence-electron chi connectivity index (χ4n) is 2.93. The lowest BCUT2D eigenvalue weighted by Gasteiger charge is -2.17. The minimum atomic E-state index is -0.244. The largest absolute Gasteiger partial charge is 0.497 e. The van der Waals surface area contributed by atoms with E-state index in [1.807, 2.05) is 36.4 Å². The van der Waals surface area contributed by atoms with Gasteiger partial charge < -0.3 is 10.5 Å². The van der Waals surface area contributed by atoms with Crippen molar-refractivity contribution in [3.05, 3.63) is 42.0 Å². The first-order valence-electron chi connectivity index (χ1n) is 8.03. The van der Waals surface area contributed by atoms with Crippen LogP contribution in [-0.2, 0) is 4.79 Å². The number of benzene rings is 2. The second-order valence-electron chi connectivity index (χ2n) is 5.74. The van der Waals surface area contributed by atoms with E-state index in [1.165, 1.54) is 12.8 Å². The van der Waals surface area contributed by atoms with Crippen molar-refractivity contribution in [2.45, 2.75) is 44.9 Å². The summed E-state index contributed by atoms with van der Waals surface area (Å²) in [6, 6.07) is 12.0. The number of nitrogens with two attached hydrogens (primary N) is 1. The molecule has 2 N–H and O–H groups in total. The van der Waals surface area contributed by atoms with E-state index in [9.17, 15) is 4.79 Å². The topological polar surface area (TPSA) is 52.3 Å². The number of rotatable bonds is 8. The standard InChI is InChI=1S/C19H25NO2/c1-3-4-5-6-9-17(19(20)21)16-10-7-8-14-11-12-15(22-2)13-18(14)16/h7-8,10-13,17H,3-6,9H2,1-2H3,(H2,20,21). The van der Waals surface area contributed by atoms with Gasteiger partial charge in [-0.15, -0.1) is 0 Å². The van der Waals surface area contributed by atoms with Crippen molar-refractivity contribution >= 4 is 16.7 Å². The molecule has 0 radical (unpaired) electrons. The molecule has 2 rings (SSSR count). The van der Waals surface area contributed by atoms with Crippen LogP contribution in [0.3, 0.4) is 0 Å². The van der Waals surface area contributed by atoms with Gasteiger partial charge in [0.15, 0.2) is 0 Å². The minimum absolute atomic E-state index is 0.229. The number of unbranched alkanes of at least 4 members (excludes halogenated alkanes) is 3. The number of ether oxygens (including phenoxy) is 1. The summed E-state index contributed by atoms with van der Waals surface area (Å²) in [5.74, 6) is 0.327. The average molecular weight is 299 g/mol. The van der Waals surface area contributed by atoms with Crippen molar-refractivity contribution < 1.29 is 9.53 Å². The number of amides is 1. The molecule has 1 unspecified atom stereocenters. The fraction of sp³-hybridized carbons (Fsp3) is 0.421. The van der Waals surface area contributed by atoms with Crippen LogP contribution in [0.1, 0.15) is 50.5 Å². The van der Waals surface area contributed by atoms with Gasteiger partial charge in [0.05, 0.1) is 13.0 Å². The molecule has 22 heavy (non-hydrogen) atoms. The molecule has 1 atom stereocenters. The molecule has 1 amide bonds. The smallest absolute Gasteiger partial charge is 0.224 e. The Morgan fingerprint density at radius 2 is 2.00 bits per heavy atom. The Balaban J connectivity index is 2.34. The molecule has 0 aliphatic carbocycles. The summed E-state index contributed by atoms with van der Waals surface area (Å²) >= 11 is 0.